The fraction of sp³-hybridized carbons (Fsp3) is 0.667. The highest BCUT2D eigenvalue weighted by atomic mass is 28.3. The molecule has 1 rings (SSSR count). The summed E-state index contributed by atoms with van der Waals surface area (Å²) >= 11 is 0. The number of rotatable bonds is 4. The van der Waals surface area contributed by atoms with Gasteiger partial charge in [0.1, 0.15) is 14.5 Å². The highest BCUT2D eigenvalue weighted by Crippen LogP contribution is 2.52. The van der Waals surface area contributed by atoms with Crippen molar-refractivity contribution in [1.82, 2.24) is 4.98 Å². The molecule has 0 spiro atoms. The summed E-state index contributed by atoms with van der Waals surface area (Å²) in [5, 5.41) is 0.0848. The molecular weight excluding hydrogens is 238 g/mol. The van der Waals surface area contributed by atoms with Gasteiger partial charge in [0, 0.05) is 5.04 Å². The van der Waals surface area contributed by atoms with Gasteiger partial charge in [0.05, 0.1) is 5.54 Å². The van der Waals surface area contributed by atoms with Crippen LogP contribution < -0.4 is 4.98 Å². The molecule has 3 heteroatoms. The van der Waals surface area contributed by atoms with E-state index in [9.17, 15) is 4.79 Å². The lowest BCUT2D eigenvalue weighted by atomic mass is 10.0. The molecule has 18 heavy (non-hydrogen) atoms. The van der Waals surface area contributed by atoms with Gasteiger partial charge in [-0.05, 0) is 40.2 Å². The van der Waals surface area contributed by atoms with Crippen molar-refractivity contribution in [3.8, 4) is 0 Å². The fourth-order valence-corrected chi connectivity index (χ4v) is 6.58. The molecule has 1 N–H and O–H groups in total. The van der Waals surface area contributed by atoms with Crippen molar-refractivity contribution in [2.45, 2.75) is 65.2 Å². The van der Waals surface area contributed by atoms with E-state index in [1.807, 2.05) is 13.8 Å². The minimum absolute atomic E-state index is 0.0848. The largest absolute Gasteiger partial charge is 0.326 e. The predicted molar refractivity (Wildman–Crippen MR) is 81.3 cm³/mol. The summed E-state index contributed by atoms with van der Waals surface area (Å²) in [6, 6.07) is 0. The van der Waals surface area contributed by atoms with Crippen molar-refractivity contribution in [2.75, 3.05) is 0 Å². The molecule has 0 amide bonds. The Bertz CT molecular complexity index is 432. The fourth-order valence-electron chi connectivity index (χ4n) is 2.95. The van der Waals surface area contributed by atoms with E-state index in [2.05, 4.69) is 51.8 Å². The van der Waals surface area contributed by atoms with Crippen LogP contribution in [0.5, 0.6) is 0 Å². The summed E-state index contributed by atoms with van der Waals surface area (Å²) in [6.45, 7) is 17.4. The zero-order valence-corrected chi connectivity index (χ0v) is 14.1. The summed E-state index contributed by atoms with van der Waals surface area (Å²) in [4.78, 5) is 14.8. The van der Waals surface area contributed by atoms with E-state index in [0.717, 1.165) is 6.29 Å². The molecule has 1 unspecified atom stereocenters. The van der Waals surface area contributed by atoms with E-state index < -0.39 is 13.8 Å². The van der Waals surface area contributed by atoms with E-state index in [1.54, 1.807) is 0 Å². The first-order chi connectivity index (χ1) is 7.97. The molecule has 0 radical (unpaired) electrons. The second kappa shape index (κ2) is 4.46. The van der Waals surface area contributed by atoms with E-state index in [4.69, 9.17) is 0 Å². The lowest BCUT2D eigenvalue weighted by Gasteiger charge is -2.44. The van der Waals surface area contributed by atoms with Crippen molar-refractivity contribution in [1.29, 1.82) is 0 Å². The molecule has 0 saturated carbocycles. The third-order valence-corrected chi connectivity index (χ3v) is 9.05. The molecule has 0 aromatic carbocycles. The van der Waals surface area contributed by atoms with E-state index in [-0.39, 0.29) is 5.04 Å². The molecule has 102 valence electrons. The van der Waals surface area contributed by atoms with Crippen LogP contribution in [0, 0.1) is 0 Å². The Balaban J connectivity index is 3.18. The molecule has 0 aliphatic heterocycles. The number of aldehydes is 1. The first kappa shape index (κ1) is 15.4. The van der Waals surface area contributed by atoms with Crippen LogP contribution in [-0.2, 0) is 4.79 Å². The SMILES string of the molecule is CC1=CC(C)([Si](C)(C)NC(C)(C)C=O)C(C)=C1C. The zero-order valence-electron chi connectivity index (χ0n) is 13.1. The molecule has 0 aromatic heterocycles. The standard InChI is InChI=1S/C15H27NOSi/c1-11-9-15(6,13(3)12(11)2)18(7,8)16-14(4,5)10-17/h9-10,16H,1-8H3. The van der Waals surface area contributed by atoms with Crippen LogP contribution in [0.2, 0.25) is 18.1 Å². The van der Waals surface area contributed by atoms with Gasteiger partial charge in [0.2, 0.25) is 0 Å². The third-order valence-electron chi connectivity index (χ3n) is 4.67. The minimum Gasteiger partial charge on any atom is -0.326 e. The Kier molecular flexibility index (Phi) is 3.81. The van der Waals surface area contributed by atoms with Crippen LogP contribution in [0.1, 0.15) is 41.5 Å². The molecule has 0 saturated heterocycles. The van der Waals surface area contributed by atoms with Crippen LogP contribution >= 0.6 is 0 Å². The van der Waals surface area contributed by atoms with Gasteiger partial charge in [-0.15, -0.1) is 0 Å². The average Bonchev–Trinajstić information content (AvgIpc) is 2.43. The number of allylic oxidation sites excluding steroid dienone is 4. The molecule has 1 aliphatic rings. The molecule has 1 aliphatic carbocycles. The first-order valence-electron chi connectivity index (χ1n) is 6.60. The topological polar surface area (TPSA) is 29.1 Å². The first-order valence-corrected chi connectivity index (χ1v) is 9.60. The van der Waals surface area contributed by atoms with Gasteiger partial charge in [-0.25, -0.2) is 0 Å². The number of carbonyl (C=O) groups excluding carboxylic acids is 1. The molecule has 1 atom stereocenters. The van der Waals surface area contributed by atoms with Crippen LogP contribution in [0.4, 0.5) is 0 Å². The summed E-state index contributed by atoms with van der Waals surface area (Å²) in [5.41, 5.74) is 3.79. The van der Waals surface area contributed by atoms with Crippen molar-refractivity contribution in [3.05, 3.63) is 22.8 Å². The van der Waals surface area contributed by atoms with Gasteiger partial charge in [-0.2, -0.15) is 0 Å². The summed E-state index contributed by atoms with van der Waals surface area (Å²) in [5.74, 6) is 0. The van der Waals surface area contributed by atoms with Crippen molar-refractivity contribution >= 4 is 14.5 Å². The Hall–Kier alpha value is -0.673. The maximum atomic E-state index is 11.2. The molecule has 0 aromatic rings. The Labute approximate surface area is 113 Å². The van der Waals surface area contributed by atoms with Crippen LogP contribution in [0.15, 0.2) is 22.8 Å². The highest BCUT2D eigenvalue weighted by Gasteiger charge is 2.48. The monoisotopic (exact) mass is 265 g/mol. The van der Waals surface area contributed by atoms with E-state index in [1.165, 1.54) is 16.7 Å². The second-order valence-electron chi connectivity index (χ2n) is 6.87. The summed E-state index contributed by atoms with van der Waals surface area (Å²) in [7, 11) is -1.81. The van der Waals surface area contributed by atoms with E-state index in [0.29, 0.717) is 0 Å². The third kappa shape index (κ3) is 2.38. The lowest BCUT2D eigenvalue weighted by molar-refractivity contribution is -0.111. The quantitative estimate of drug-likeness (QED) is 0.618. The minimum atomic E-state index is -1.81. The van der Waals surface area contributed by atoms with Gasteiger partial charge in [0.15, 0.2) is 0 Å². The van der Waals surface area contributed by atoms with Crippen LogP contribution in [-0.4, -0.2) is 20.1 Å². The predicted octanol–water partition coefficient (Wildman–Crippen LogP) is 3.82. The maximum Gasteiger partial charge on any atom is 0.138 e. The van der Waals surface area contributed by atoms with Gasteiger partial charge in [-0.3, -0.25) is 0 Å². The van der Waals surface area contributed by atoms with Gasteiger partial charge in [0.25, 0.3) is 0 Å². The number of hydrogen-bond donors (Lipinski definition) is 1. The van der Waals surface area contributed by atoms with Gasteiger partial charge >= 0.3 is 0 Å². The van der Waals surface area contributed by atoms with Crippen LogP contribution in [0.3, 0.4) is 0 Å². The molecule has 2 nitrogen and oxygen atoms in total. The average molecular weight is 265 g/mol. The summed E-state index contributed by atoms with van der Waals surface area (Å²) in [6.07, 6.45) is 3.40. The van der Waals surface area contributed by atoms with Crippen molar-refractivity contribution in [3.63, 3.8) is 0 Å². The maximum absolute atomic E-state index is 11.2. The summed E-state index contributed by atoms with van der Waals surface area (Å²) < 4.78 is 0. The lowest BCUT2D eigenvalue weighted by Crippen LogP contribution is -2.61. The van der Waals surface area contributed by atoms with E-state index >= 15 is 0 Å². The Morgan fingerprint density at radius 2 is 1.78 bits per heavy atom. The van der Waals surface area contributed by atoms with Crippen molar-refractivity contribution < 1.29 is 4.79 Å². The van der Waals surface area contributed by atoms with Crippen molar-refractivity contribution in [2.24, 2.45) is 0 Å². The van der Waals surface area contributed by atoms with Crippen LogP contribution in [0.25, 0.3) is 0 Å². The number of carbonyl (C=O) groups is 1. The number of hydrogen-bond acceptors (Lipinski definition) is 2. The zero-order chi connectivity index (χ0) is 14.4. The molecule has 0 bridgehead atoms. The Morgan fingerprint density at radius 1 is 1.28 bits per heavy atom. The smallest absolute Gasteiger partial charge is 0.138 e. The second-order valence-corrected chi connectivity index (χ2v) is 11.4. The molecular formula is C15H27NOSi. The molecule has 0 heterocycles. The van der Waals surface area contributed by atoms with Gasteiger partial charge < -0.3 is 9.78 Å². The van der Waals surface area contributed by atoms with Gasteiger partial charge in [-0.1, -0.05) is 37.2 Å². The number of nitrogens with one attached hydrogen (secondary N) is 1. The normalized spacial score (nSPS) is 25.4. The Morgan fingerprint density at radius 3 is 2.11 bits per heavy atom. The highest BCUT2D eigenvalue weighted by molar-refractivity contribution is 6.79. The molecule has 0 fully saturated rings.